The van der Waals surface area contributed by atoms with Crippen LogP contribution in [0.5, 0.6) is 0 Å². The number of aromatic nitrogens is 2. The van der Waals surface area contributed by atoms with Crippen molar-refractivity contribution in [1.82, 2.24) is 9.55 Å². The molecule has 0 aliphatic heterocycles. The zero-order chi connectivity index (χ0) is 18.7. The second-order valence-corrected chi connectivity index (χ2v) is 6.00. The molecule has 0 amide bonds. The number of hydrogen-bond acceptors (Lipinski definition) is 4. The fourth-order valence-electron chi connectivity index (χ4n) is 2.34. The van der Waals surface area contributed by atoms with Gasteiger partial charge in [0, 0.05) is 11.3 Å². The molecule has 2 aromatic carbocycles. The Morgan fingerprint density at radius 1 is 1.15 bits per heavy atom. The average Bonchev–Trinajstić information content (AvgIpc) is 3.07. The van der Waals surface area contributed by atoms with Gasteiger partial charge in [0.2, 0.25) is 0 Å². The van der Waals surface area contributed by atoms with Crippen LogP contribution in [0.4, 0.5) is 13.2 Å². The van der Waals surface area contributed by atoms with Crippen LogP contribution in [-0.4, -0.2) is 21.8 Å². The van der Waals surface area contributed by atoms with Crippen molar-refractivity contribution in [1.29, 1.82) is 0 Å². The highest BCUT2D eigenvalue weighted by molar-refractivity contribution is 7.98. The van der Waals surface area contributed by atoms with Crippen molar-refractivity contribution in [2.45, 2.75) is 11.8 Å². The first-order chi connectivity index (χ1) is 12.5. The van der Waals surface area contributed by atoms with Gasteiger partial charge in [0.15, 0.2) is 22.5 Å². The van der Waals surface area contributed by atoms with E-state index in [-0.39, 0.29) is 11.3 Å². The van der Waals surface area contributed by atoms with Crippen molar-refractivity contribution in [2.75, 3.05) is 6.26 Å². The molecule has 3 aromatic rings. The molecule has 0 N–H and O–H groups in total. The summed E-state index contributed by atoms with van der Waals surface area (Å²) in [7, 11) is 0. The quantitative estimate of drug-likeness (QED) is 0.489. The smallest absolute Gasteiger partial charge is 0.357 e. The molecular formula is C18H13F3N2O2S. The third kappa shape index (κ3) is 3.60. The maximum absolute atomic E-state index is 13.7. The molecule has 0 saturated heterocycles. The van der Waals surface area contributed by atoms with Crippen LogP contribution in [0, 0.1) is 17.5 Å². The van der Waals surface area contributed by atoms with Gasteiger partial charge < -0.3 is 4.74 Å². The van der Waals surface area contributed by atoms with Crippen LogP contribution in [0.15, 0.2) is 53.8 Å². The van der Waals surface area contributed by atoms with Crippen molar-refractivity contribution in [3.8, 4) is 5.69 Å². The van der Waals surface area contributed by atoms with Crippen LogP contribution < -0.4 is 0 Å². The Labute approximate surface area is 151 Å². The second kappa shape index (κ2) is 7.65. The van der Waals surface area contributed by atoms with E-state index in [0.717, 1.165) is 6.07 Å². The van der Waals surface area contributed by atoms with Gasteiger partial charge >= 0.3 is 5.97 Å². The molecule has 0 saturated carbocycles. The van der Waals surface area contributed by atoms with Gasteiger partial charge in [-0.1, -0.05) is 23.9 Å². The third-order valence-corrected chi connectivity index (χ3v) is 4.25. The van der Waals surface area contributed by atoms with E-state index in [1.165, 1.54) is 58.9 Å². The Bertz CT molecular complexity index is 942. The molecule has 4 nitrogen and oxygen atoms in total. The van der Waals surface area contributed by atoms with Crippen molar-refractivity contribution < 1.29 is 22.7 Å². The summed E-state index contributed by atoms with van der Waals surface area (Å²) in [6, 6.07) is 9.16. The molecule has 0 fully saturated rings. The maximum atomic E-state index is 13.7. The van der Waals surface area contributed by atoms with Crippen LogP contribution in [0.25, 0.3) is 5.69 Å². The average molecular weight is 378 g/mol. The molecular weight excluding hydrogens is 365 g/mol. The molecule has 8 heteroatoms. The van der Waals surface area contributed by atoms with Gasteiger partial charge in [0.05, 0.1) is 6.20 Å². The lowest BCUT2D eigenvalue weighted by molar-refractivity contribution is 0.0458. The lowest BCUT2D eigenvalue weighted by atomic mass is 10.2. The molecule has 3 rings (SSSR count). The van der Waals surface area contributed by atoms with Gasteiger partial charge in [-0.25, -0.2) is 22.9 Å². The molecule has 0 radical (unpaired) electrons. The number of nitrogens with zero attached hydrogens (tertiary/aromatic N) is 2. The Morgan fingerprint density at radius 3 is 2.58 bits per heavy atom. The Kier molecular flexibility index (Phi) is 5.32. The fraction of sp³-hybridized carbons (Fsp3) is 0.111. The Hall–Kier alpha value is -2.74. The zero-order valence-corrected chi connectivity index (χ0v) is 14.4. The lowest BCUT2D eigenvalue weighted by Crippen LogP contribution is -2.12. The third-order valence-electron chi connectivity index (χ3n) is 3.60. The maximum Gasteiger partial charge on any atom is 0.357 e. The zero-order valence-electron chi connectivity index (χ0n) is 13.6. The van der Waals surface area contributed by atoms with Gasteiger partial charge in [-0.2, -0.15) is 0 Å². The predicted octanol–water partition coefficient (Wildman–Crippen LogP) is 4.37. The normalized spacial score (nSPS) is 10.8. The number of thioether (sulfide) groups is 1. The number of esters is 1. The van der Waals surface area contributed by atoms with Gasteiger partial charge in [-0.15, -0.1) is 0 Å². The number of carbonyl (C=O) groups is 1. The van der Waals surface area contributed by atoms with E-state index in [0.29, 0.717) is 10.8 Å². The largest absolute Gasteiger partial charge is 0.456 e. The molecule has 134 valence electrons. The summed E-state index contributed by atoms with van der Waals surface area (Å²) >= 11 is 1.29. The predicted molar refractivity (Wildman–Crippen MR) is 90.8 cm³/mol. The highest BCUT2D eigenvalue weighted by atomic mass is 32.2. The summed E-state index contributed by atoms with van der Waals surface area (Å²) in [6.07, 6.45) is 3.10. The second-order valence-electron chi connectivity index (χ2n) is 5.23. The number of halogens is 3. The van der Waals surface area contributed by atoms with E-state index in [1.54, 1.807) is 6.26 Å². The first-order valence-corrected chi connectivity index (χ1v) is 8.71. The van der Waals surface area contributed by atoms with E-state index in [9.17, 15) is 18.0 Å². The number of imidazole rings is 1. The summed E-state index contributed by atoms with van der Waals surface area (Å²) in [5.74, 6) is -3.24. The molecule has 0 unspecified atom stereocenters. The number of benzene rings is 2. The molecule has 1 aromatic heterocycles. The van der Waals surface area contributed by atoms with Crippen molar-refractivity contribution in [3.63, 3.8) is 0 Å². The number of hydrogen-bond donors (Lipinski definition) is 0. The Morgan fingerprint density at radius 2 is 1.88 bits per heavy atom. The summed E-state index contributed by atoms with van der Waals surface area (Å²) in [5.41, 5.74) is 0.547. The van der Waals surface area contributed by atoms with Crippen molar-refractivity contribution >= 4 is 17.7 Å². The molecule has 0 aliphatic rings. The van der Waals surface area contributed by atoms with E-state index in [1.807, 2.05) is 0 Å². The first kappa shape index (κ1) is 18.1. The van der Waals surface area contributed by atoms with Crippen LogP contribution in [0.2, 0.25) is 0 Å². The molecule has 0 aliphatic carbocycles. The van der Waals surface area contributed by atoms with Crippen LogP contribution in [-0.2, 0) is 11.3 Å². The van der Waals surface area contributed by atoms with Crippen molar-refractivity contribution in [2.24, 2.45) is 0 Å². The summed E-state index contributed by atoms with van der Waals surface area (Å²) < 4.78 is 46.7. The highest BCUT2D eigenvalue weighted by Crippen LogP contribution is 2.23. The molecule has 0 spiro atoms. The van der Waals surface area contributed by atoms with E-state index < -0.39 is 30.0 Å². The standard InChI is InChI=1S/C18H13F3N2O2S/c1-26-18-22-9-15(23(18)13-7-5-12(19)6-8-13)17(24)25-10-11-3-2-4-14(20)16(11)21/h2-9H,10H2,1H3. The minimum absolute atomic E-state index is 0.0729. The topological polar surface area (TPSA) is 44.1 Å². The summed E-state index contributed by atoms with van der Waals surface area (Å²) in [5, 5.41) is 0.500. The minimum Gasteiger partial charge on any atom is -0.456 e. The van der Waals surface area contributed by atoms with Crippen molar-refractivity contribution in [3.05, 3.63) is 77.4 Å². The van der Waals surface area contributed by atoms with E-state index in [4.69, 9.17) is 4.74 Å². The van der Waals surface area contributed by atoms with Gasteiger partial charge in [-0.3, -0.25) is 4.57 Å². The molecule has 0 bridgehead atoms. The molecule has 26 heavy (non-hydrogen) atoms. The van der Waals surface area contributed by atoms with Gasteiger partial charge in [0.25, 0.3) is 0 Å². The van der Waals surface area contributed by atoms with Crippen LogP contribution in [0.1, 0.15) is 16.1 Å². The summed E-state index contributed by atoms with van der Waals surface area (Å²) in [6.45, 7) is -0.425. The highest BCUT2D eigenvalue weighted by Gasteiger charge is 2.20. The van der Waals surface area contributed by atoms with Gasteiger partial charge in [-0.05, 0) is 36.6 Å². The SMILES string of the molecule is CSc1ncc(C(=O)OCc2cccc(F)c2F)n1-c1ccc(F)cc1. The lowest BCUT2D eigenvalue weighted by Gasteiger charge is -2.11. The monoisotopic (exact) mass is 378 g/mol. The number of rotatable bonds is 5. The van der Waals surface area contributed by atoms with Gasteiger partial charge in [0.1, 0.15) is 12.4 Å². The molecule has 0 atom stereocenters. The number of carbonyl (C=O) groups excluding carboxylic acids is 1. The fourth-order valence-corrected chi connectivity index (χ4v) is 2.88. The molecule has 1 heterocycles. The number of ether oxygens (including phenoxy) is 1. The first-order valence-electron chi connectivity index (χ1n) is 7.49. The summed E-state index contributed by atoms with van der Waals surface area (Å²) in [4.78, 5) is 16.6. The minimum atomic E-state index is -1.06. The van der Waals surface area contributed by atoms with Crippen LogP contribution >= 0.6 is 11.8 Å². The Balaban J connectivity index is 1.87. The van der Waals surface area contributed by atoms with E-state index in [2.05, 4.69) is 4.98 Å². The van der Waals surface area contributed by atoms with Crippen LogP contribution in [0.3, 0.4) is 0 Å². The van der Waals surface area contributed by atoms with E-state index >= 15 is 0 Å².